The number of hydrogen-bond donors (Lipinski definition) is 1. The normalized spacial score (nSPS) is 18.9. The predicted octanol–water partition coefficient (Wildman–Crippen LogP) is 3.89. The van der Waals surface area contributed by atoms with Gasteiger partial charge < -0.3 is 9.64 Å². The molecule has 1 amide bonds. The first-order valence-corrected chi connectivity index (χ1v) is 8.02. The third-order valence-electron chi connectivity index (χ3n) is 3.76. The van der Waals surface area contributed by atoms with Gasteiger partial charge in [0.2, 0.25) is 0 Å². The maximum absolute atomic E-state index is 12.2. The van der Waals surface area contributed by atoms with Crippen LogP contribution < -0.4 is 0 Å². The predicted molar refractivity (Wildman–Crippen MR) is 84.1 cm³/mol. The minimum absolute atomic E-state index is 0.169. The highest BCUT2D eigenvalue weighted by Gasteiger charge is 2.27. The fourth-order valence-corrected chi connectivity index (χ4v) is 2.85. The lowest BCUT2D eigenvalue weighted by Gasteiger charge is -2.35. The van der Waals surface area contributed by atoms with Crippen molar-refractivity contribution in [1.29, 1.82) is 0 Å². The highest BCUT2D eigenvalue weighted by Crippen LogP contribution is 2.22. The van der Waals surface area contributed by atoms with Gasteiger partial charge in [-0.3, -0.25) is 0 Å². The summed E-state index contributed by atoms with van der Waals surface area (Å²) in [4.78, 5) is 14.1. The minimum Gasteiger partial charge on any atom is -0.445 e. The van der Waals surface area contributed by atoms with Gasteiger partial charge in [0.25, 0.3) is 0 Å². The molecule has 0 bridgehead atoms. The average molecular weight is 293 g/mol. The number of rotatable bonds is 5. The van der Waals surface area contributed by atoms with Crippen molar-refractivity contribution in [3.63, 3.8) is 0 Å². The van der Waals surface area contributed by atoms with Gasteiger partial charge in [-0.05, 0) is 43.4 Å². The molecule has 2 rings (SSSR count). The molecule has 0 N–H and O–H groups in total. The van der Waals surface area contributed by atoms with E-state index in [4.69, 9.17) is 4.74 Å². The second kappa shape index (κ2) is 8.20. The number of carbonyl (C=O) groups is 1. The van der Waals surface area contributed by atoms with Crippen LogP contribution in [0, 0.1) is 0 Å². The van der Waals surface area contributed by atoms with Gasteiger partial charge in [-0.1, -0.05) is 30.3 Å². The van der Waals surface area contributed by atoms with E-state index in [1.807, 2.05) is 35.2 Å². The number of piperidine rings is 1. The van der Waals surface area contributed by atoms with Crippen molar-refractivity contribution in [1.82, 2.24) is 4.90 Å². The van der Waals surface area contributed by atoms with Crippen molar-refractivity contribution in [2.45, 2.75) is 44.8 Å². The molecule has 3 nitrogen and oxygen atoms in total. The van der Waals surface area contributed by atoms with Crippen LogP contribution in [0.5, 0.6) is 0 Å². The summed E-state index contributed by atoms with van der Waals surface area (Å²) in [6.07, 6.45) is 5.30. The topological polar surface area (TPSA) is 29.5 Å². The maximum Gasteiger partial charge on any atom is 0.410 e. The molecule has 20 heavy (non-hydrogen) atoms. The van der Waals surface area contributed by atoms with Crippen LogP contribution in [0.25, 0.3) is 0 Å². The van der Waals surface area contributed by atoms with Gasteiger partial charge in [0.05, 0.1) is 0 Å². The Morgan fingerprint density at radius 3 is 2.85 bits per heavy atom. The molecule has 1 heterocycles. The van der Waals surface area contributed by atoms with Gasteiger partial charge in [0, 0.05) is 12.6 Å². The molecule has 1 atom stereocenters. The van der Waals surface area contributed by atoms with Gasteiger partial charge in [0.1, 0.15) is 6.61 Å². The van der Waals surface area contributed by atoms with Crippen LogP contribution in [0.2, 0.25) is 0 Å². The molecule has 0 unspecified atom stereocenters. The quantitative estimate of drug-likeness (QED) is 0.835. The van der Waals surface area contributed by atoms with Gasteiger partial charge in [-0.15, -0.1) is 0 Å². The molecular formula is C16H23NO2S. The van der Waals surface area contributed by atoms with Crippen molar-refractivity contribution in [2.75, 3.05) is 12.3 Å². The first kappa shape index (κ1) is 15.2. The fraction of sp³-hybridized carbons (Fsp3) is 0.562. The molecule has 0 spiro atoms. The van der Waals surface area contributed by atoms with E-state index < -0.39 is 0 Å². The zero-order chi connectivity index (χ0) is 14.2. The Kier molecular flexibility index (Phi) is 6.25. The number of likely N-dealkylation sites (tertiary alicyclic amines) is 1. The van der Waals surface area contributed by atoms with Crippen LogP contribution in [0.4, 0.5) is 4.79 Å². The molecule has 110 valence electrons. The van der Waals surface area contributed by atoms with E-state index in [2.05, 4.69) is 12.6 Å². The molecule has 0 aliphatic carbocycles. The first-order valence-electron chi connectivity index (χ1n) is 7.39. The standard InChI is InChI=1S/C16H23NO2S/c18-16(19-13-14-7-2-1-3-8-14)17-11-5-4-9-15(17)10-6-12-20/h1-3,7-8,15,20H,4-6,9-13H2/t15-/m1/s1. The van der Waals surface area contributed by atoms with Crippen molar-refractivity contribution in [2.24, 2.45) is 0 Å². The number of ether oxygens (including phenoxy) is 1. The van der Waals surface area contributed by atoms with Crippen LogP contribution >= 0.6 is 12.6 Å². The molecule has 1 saturated heterocycles. The summed E-state index contributed by atoms with van der Waals surface area (Å²) in [5.74, 6) is 0.878. The van der Waals surface area contributed by atoms with E-state index in [-0.39, 0.29) is 6.09 Å². The van der Waals surface area contributed by atoms with Gasteiger partial charge in [0.15, 0.2) is 0 Å². The molecule has 1 aliphatic heterocycles. The summed E-state index contributed by atoms with van der Waals surface area (Å²) >= 11 is 4.26. The van der Waals surface area contributed by atoms with Crippen molar-refractivity contribution < 1.29 is 9.53 Å². The van der Waals surface area contributed by atoms with Crippen LogP contribution in [0.3, 0.4) is 0 Å². The van der Waals surface area contributed by atoms with Crippen molar-refractivity contribution >= 4 is 18.7 Å². The first-order chi connectivity index (χ1) is 9.81. The van der Waals surface area contributed by atoms with Crippen LogP contribution in [0.15, 0.2) is 30.3 Å². The zero-order valence-corrected chi connectivity index (χ0v) is 12.7. The van der Waals surface area contributed by atoms with Crippen LogP contribution in [-0.4, -0.2) is 29.3 Å². The van der Waals surface area contributed by atoms with Gasteiger partial charge in [-0.25, -0.2) is 4.79 Å². The van der Waals surface area contributed by atoms with E-state index in [9.17, 15) is 4.79 Å². The Labute approximate surface area is 126 Å². The Morgan fingerprint density at radius 1 is 1.30 bits per heavy atom. The Balaban J connectivity index is 1.85. The van der Waals surface area contributed by atoms with Gasteiger partial charge in [-0.2, -0.15) is 12.6 Å². The van der Waals surface area contributed by atoms with E-state index in [0.29, 0.717) is 12.6 Å². The highest BCUT2D eigenvalue weighted by molar-refractivity contribution is 7.80. The van der Waals surface area contributed by atoms with E-state index in [1.165, 1.54) is 6.42 Å². The molecule has 1 aromatic rings. The number of carbonyl (C=O) groups excluding carboxylic acids is 1. The lowest BCUT2D eigenvalue weighted by Crippen LogP contribution is -2.44. The molecule has 1 aliphatic rings. The molecular weight excluding hydrogens is 270 g/mol. The lowest BCUT2D eigenvalue weighted by molar-refractivity contribution is 0.0659. The van der Waals surface area contributed by atoms with Crippen molar-refractivity contribution in [3.05, 3.63) is 35.9 Å². The average Bonchev–Trinajstić information content (AvgIpc) is 2.52. The monoisotopic (exact) mass is 293 g/mol. The number of thiol groups is 1. The van der Waals surface area contributed by atoms with Crippen molar-refractivity contribution in [3.8, 4) is 0 Å². The lowest BCUT2D eigenvalue weighted by atomic mass is 9.99. The third kappa shape index (κ3) is 4.44. The number of nitrogens with zero attached hydrogens (tertiary/aromatic N) is 1. The summed E-state index contributed by atoms with van der Waals surface area (Å²) in [5.41, 5.74) is 1.03. The highest BCUT2D eigenvalue weighted by atomic mass is 32.1. The molecule has 0 aromatic heterocycles. The van der Waals surface area contributed by atoms with E-state index in [1.54, 1.807) is 0 Å². The number of hydrogen-bond acceptors (Lipinski definition) is 3. The van der Waals surface area contributed by atoms with Crippen LogP contribution in [0.1, 0.15) is 37.7 Å². The SMILES string of the molecule is O=C(OCc1ccccc1)N1CCCC[C@@H]1CCCS. The summed E-state index contributed by atoms with van der Waals surface area (Å²) in [7, 11) is 0. The number of amides is 1. The van der Waals surface area contributed by atoms with E-state index >= 15 is 0 Å². The Hall–Kier alpha value is -1.16. The number of benzene rings is 1. The largest absolute Gasteiger partial charge is 0.445 e. The van der Waals surface area contributed by atoms with E-state index in [0.717, 1.165) is 43.5 Å². The zero-order valence-electron chi connectivity index (χ0n) is 11.8. The smallest absolute Gasteiger partial charge is 0.410 e. The summed E-state index contributed by atoms with van der Waals surface area (Å²) in [6.45, 7) is 1.18. The second-order valence-corrected chi connectivity index (χ2v) is 5.70. The molecule has 1 aromatic carbocycles. The summed E-state index contributed by atoms with van der Waals surface area (Å²) in [6, 6.07) is 10.2. The molecule has 0 saturated carbocycles. The Morgan fingerprint density at radius 2 is 2.10 bits per heavy atom. The summed E-state index contributed by atoms with van der Waals surface area (Å²) in [5, 5.41) is 0. The molecule has 0 radical (unpaired) electrons. The fourth-order valence-electron chi connectivity index (χ4n) is 2.67. The molecule has 1 fully saturated rings. The third-order valence-corrected chi connectivity index (χ3v) is 4.08. The Bertz CT molecular complexity index is 410. The maximum atomic E-state index is 12.2. The minimum atomic E-state index is -0.169. The summed E-state index contributed by atoms with van der Waals surface area (Å²) < 4.78 is 5.45. The van der Waals surface area contributed by atoms with Crippen LogP contribution in [-0.2, 0) is 11.3 Å². The second-order valence-electron chi connectivity index (χ2n) is 5.25. The molecule has 4 heteroatoms. The van der Waals surface area contributed by atoms with Gasteiger partial charge >= 0.3 is 6.09 Å².